The van der Waals surface area contributed by atoms with E-state index in [1.54, 1.807) is 18.2 Å². The molecule has 0 heterocycles. The topological polar surface area (TPSA) is 127 Å². The molecule has 2 aliphatic rings. The molecule has 0 radical (unpaired) electrons. The van der Waals surface area contributed by atoms with Gasteiger partial charge in [-0.1, -0.05) is 36.4 Å². The number of hydrogen-bond donors (Lipinski definition) is 3. The lowest BCUT2D eigenvalue weighted by Crippen LogP contribution is -2.25. The Labute approximate surface area is 185 Å². The van der Waals surface area contributed by atoms with Crippen LogP contribution in [0.1, 0.15) is 55.8 Å². The van der Waals surface area contributed by atoms with Gasteiger partial charge >= 0.3 is 0 Å². The number of nitrogens with two attached hydrogens (primary N) is 1. The maximum Gasteiger partial charge on any atom is 0.296 e. The van der Waals surface area contributed by atoms with E-state index in [2.05, 4.69) is 5.32 Å². The van der Waals surface area contributed by atoms with Crippen LogP contribution in [-0.2, 0) is 23.0 Å². The lowest BCUT2D eigenvalue weighted by Gasteiger charge is -2.25. The second-order valence-electron chi connectivity index (χ2n) is 8.04. The van der Waals surface area contributed by atoms with Gasteiger partial charge in [0.25, 0.3) is 10.1 Å². The highest BCUT2D eigenvalue weighted by molar-refractivity contribution is 7.86. The summed E-state index contributed by atoms with van der Waals surface area (Å²) in [7, 11) is -4.75. The molecule has 4 N–H and O–H groups in total. The fourth-order valence-electron chi connectivity index (χ4n) is 4.65. The fourth-order valence-corrected chi connectivity index (χ4v) is 5.30. The summed E-state index contributed by atoms with van der Waals surface area (Å²) in [5, 5.41) is 3.18. The molecule has 0 saturated heterocycles. The van der Waals surface area contributed by atoms with Gasteiger partial charge < -0.3 is 11.1 Å². The third-order valence-electron chi connectivity index (χ3n) is 6.14. The molecule has 162 valence electrons. The van der Waals surface area contributed by atoms with E-state index in [0.29, 0.717) is 0 Å². The number of carbonyl (C=O) groups excluding carboxylic acids is 2. The summed E-state index contributed by atoms with van der Waals surface area (Å²) in [5.41, 5.74) is 8.89. The van der Waals surface area contributed by atoms with E-state index in [9.17, 15) is 22.6 Å². The summed E-state index contributed by atoms with van der Waals surface area (Å²) < 4.78 is 33.9. The third kappa shape index (κ3) is 3.11. The number of nitrogen functional groups attached to an aromatic ring is 1. The molecule has 0 spiro atoms. The molecule has 3 aromatic carbocycles. The minimum absolute atomic E-state index is 0.00649. The molecule has 0 unspecified atom stereocenters. The van der Waals surface area contributed by atoms with Crippen molar-refractivity contribution in [3.8, 4) is 0 Å². The first-order valence-corrected chi connectivity index (χ1v) is 11.7. The molecule has 0 aromatic heterocycles. The van der Waals surface area contributed by atoms with Crippen LogP contribution in [0.5, 0.6) is 0 Å². The molecule has 0 bridgehead atoms. The van der Waals surface area contributed by atoms with E-state index in [0.717, 1.165) is 43.0 Å². The number of fused-ring (bicyclic) bond motifs is 3. The van der Waals surface area contributed by atoms with Gasteiger partial charge in [0.2, 0.25) is 0 Å². The number of carbonyl (C=O) groups is 2. The van der Waals surface area contributed by atoms with Gasteiger partial charge in [-0.25, -0.2) is 0 Å². The van der Waals surface area contributed by atoms with Crippen molar-refractivity contribution in [1.82, 2.24) is 0 Å². The summed E-state index contributed by atoms with van der Waals surface area (Å²) in [6.45, 7) is 0. The summed E-state index contributed by atoms with van der Waals surface area (Å²) in [5.74, 6) is -0.993. The highest BCUT2D eigenvalue weighted by atomic mass is 32.2. The van der Waals surface area contributed by atoms with Crippen LogP contribution in [0.15, 0.2) is 53.4 Å². The molecule has 3 aromatic rings. The van der Waals surface area contributed by atoms with Crippen LogP contribution < -0.4 is 11.1 Å². The quantitative estimate of drug-likeness (QED) is 0.320. The van der Waals surface area contributed by atoms with Crippen LogP contribution in [0.2, 0.25) is 0 Å². The van der Waals surface area contributed by atoms with Crippen LogP contribution in [0.4, 0.5) is 17.1 Å². The smallest absolute Gasteiger partial charge is 0.296 e. The normalized spacial score (nSPS) is 15.0. The van der Waals surface area contributed by atoms with Gasteiger partial charge in [-0.15, -0.1) is 0 Å². The van der Waals surface area contributed by atoms with Gasteiger partial charge in [0.1, 0.15) is 4.90 Å². The highest BCUT2D eigenvalue weighted by Gasteiger charge is 2.36. The van der Waals surface area contributed by atoms with Gasteiger partial charge in [-0.05, 0) is 48.9 Å². The predicted octanol–water partition coefficient (Wildman–Crippen LogP) is 3.91. The summed E-state index contributed by atoms with van der Waals surface area (Å²) in [6, 6.07) is 13.2. The van der Waals surface area contributed by atoms with Gasteiger partial charge in [0.15, 0.2) is 11.6 Å². The first kappa shape index (κ1) is 20.4. The number of ketones is 2. The zero-order valence-corrected chi connectivity index (χ0v) is 17.8. The Bertz CT molecular complexity index is 1430. The van der Waals surface area contributed by atoms with Crippen LogP contribution in [0.3, 0.4) is 0 Å². The zero-order valence-electron chi connectivity index (χ0n) is 17.0. The van der Waals surface area contributed by atoms with Gasteiger partial charge in [0.05, 0.1) is 22.5 Å². The van der Waals surface area contributed by atoms with Crippen molar-refractivity contribution in [3.63, 3.8) is 0 Å². The standard InChI is InChI=1S/C24H20N2O5S/c25-22-19(32(29,30)31)12-18(26-17-11-5-7-13-6-1-2-8-14(13)17)20-21(22)24(28)16-10-4-3-9-15(16)23(20)27/h3-5,7,9-12,26H,1-2,6,8,25H2,(H,29,30,31). The molecule has 32 heavy (non-hydrogen) atoms. The molecule has 0 saturated carbocycles. The summed E-state index contributed by atoms with van der Waals surface area (Å²) in [6.07, 6.45) is 3.89. The van der Waals surface area contributed by atoms with E-state index >= 15 is 0 Å². The lowest BCUT2D eigenvalue weighted by atomic mass is 9.82. The number of nitrogens with one attached hydrogen (secondary N) is 1. The number of hydrogen-bond acceptors (Lipinski definition) is 6. The van der Waals surface area contributed by atoms with Crippen molar-refractivity contribution in [2.24, 2.45) is 0 Å². The second-order valence-corrected chi connectivity index (χ2v) is 9.43. The number of rotatable bonds is 3. The first-order valence-electron chi connectivity index (χ1n) is 10.3. The summed E-state index contributed by atoms with van der Waals surface area (Å²) in [4.78, 5) is 26.1. The number of anilines is 3. The fraction of sp³-hybridized carbons (Fsp3) is 0.167. The molecule has 2 aliphatic carbocycles. The molecular weight excluding hydrogens is 428 g/mol. The number of aryl methyl sites for hydroxylation is 1. The maximum absolute atomic E-state index is 13.4. The Morgan fingerprint density at radius 3 is 2.19 bits per heavy atom. The first-order chi connectivity index (χ1) is 15.3. The lowest BCUT2D eigenvalue weighted by molar-refractivity contribution is 0.0980. The van der Waals surface area contributed by atoms with E-state index in [1.807, 2.05) is 18.2 Å². The molecule has 0 fully saturated rings. The van der Waals surface area contributed by atoms with Crippen LogP contribution >= 0.6 is 0 Å². The Morgan fingerprint density at radius 1 is 0.844 bits per heavy atom. The van der Waals surface area contributed by atoms with Crippen molar-refractivity contribution in [2.45, 2.75) is 30.6 Å². The minimum atomic E-state index is -4.75. The Hall–Kier alpha value is -3.49. The minimum Gasteiger partial charge on any atom is -0.397 e. The average Bonchev–Trinajstić information content (AvgIpc) is 2.78. The maximum atomic E-state index is 13.4. The SMILES string of the molecule is Nc1c(S(=O)(=O)O)cc(Nc2cccc3c2CCCC3)c2c1C(=O)c1ccccc1C2=O. The van der Waals surface area contributed by atoms with E-state index in [1.165, 1.54) is 11.6 Å². The predicted molar refractivity (Wildman–Crippen MR) is 120 cm³/mol. The molecular formula is C24H20N2O5S. The Morgan fingerprint density at radius 2 is 1.50 bits per heavy atom. The summed E-state index contributed by atoms with van der Waals surface area (Å²) >= 11 is 0. The largest absolute Gasteiger partial charge is 0.397 e. The van der Waals surface area contributed by atoms with Crippen molar-refractivity contribution in [3.05, 3.63) is 81.9 Å². The zero-order chi connectivity index (χ0) is 22.6. The van der Waals surface area contributed by atoms with Gasteiger partial charge in [-0.3, -0.25) is 14.1 Å². The Balaban J connectivity index is 1.77. The molecule has 0 atom stereocenters. The molecule has 0 amide bonds. The van der Waals surface area contributed by atoms with E-state index < -0.39 is 32.3 Å². The van der Waals surface area contributed by atoms with E-state index in [4.69, 9.17) is 5.73 Å². The van der Waals surface area contributed by atoms with Crippen LogP contribution in [-0.4, -0.2) is 24.5 Å². The molecule has 8 heteroatoms. The van der Waals surface area contributed by atoms with Crippen molar-refractivity contribution in [2.75, 3.05) is 11.1 Å². The highest BCUT2D eigenvalue weighted by Crippen LogP contribution is 2.41. The van der Waals surface area contributed by atoms with Crippen LogP contribution in [0.25, 0.3) is 0 Å². The molecule has 5 rings (SSSR count). The van der Waals surface area contributed by atoms with E-state index in [-0.39, 0.29) is 27.9 Å². The average molecular weight is 449 g/mol. The third-order valence-corrected chi connectivity index (χ3v) is 7.04. The van der Waals surface area contributed by atoms with Crippen molar-refractivity contribution in [1.29, 1.82) is 0 Å². The van der Waals surface area contributed by atoms with Gasteiger partial charge in [-0.2, -0.15) is 8.42 Å². The van der Waals surface area contributed by atoms with Gasteiger partial charge in [0, 0.05) is 16.8 Å². The monoisotopic (exact) mass is 448 g/mol. The molecule has 7 nitrogen and oxygen atoms in total. The Kier molecular flexibility index (Phi) is 4.65. The van der Waals surface area contributed by atoms with Crippen LogP contribution in [0, 0.1) is 0 Å². The number of benzene rings is 3. The molecule has 0 aliphatic heterocycles. The van der Waals surface area contributed by atoms with Crippen molar-refractivity contribution < 1.29 is 22.6 Å². The second kappa shape index (κ2) is 7.29. The van der Waals surface area contributed by atoms with Crippen molar-refractivity contribution >= 4 is 38.7 Å².